The van der Waals surface area contributed by atoms with Gasteiger partial charge in [-0.3, -0.25) is 4.98 Å². The number of fused-ring (bicyclic) bond motifs is 4. The molecular weight excluding hydrogens is 925 g/mol. The van der Waals surface area contributed by atoms with E-state index in [1.807, 2.05) is 83.6 Å². The molecule has 0 saturated carbocycles. The minimum Gasteiger partial charge on any atom is -0.500 e. The van der Waals surface area contributed by atoms with Crippen LogP contribution in [0.2, 0.25) is 0 Å². The second-order valence-electron chi connectivity index (χ2n) is 15.9. The maximum atomic E-state index is 6.68. The van der Waals surface area contributed by atoms with Gasteiger partial charge in [0.1, 0.15) is 17.1 Å². The minimum atomic E-state index is 0. The molecule has 0 N–H and O–H groups in total. The Morgan fingerprint density at radius 2 is 1.20 bits per heavy atom. The Bertz CT molecular complexity index is 3050. The fourth-order valence-corrected chi connectivity index (χ4v) is 8.15. The molecule has 0 spiro atoms. The summed E-state index contributed by atoms with van der Waals surface area (Å²) in [6, 6.07) is 59.9. The third kappa shape index (κ3) is 8.03. The van der Waals surface area contributed by atoms with Crippen LogP contribution in [-0.4, -0.2) is 4.98 Å². The molecule has 0 bridgehead atoms. The first kappa shape index (κ1) is 41.1. The monoisotopic (exact) mass is 971 g/mol. The fourth-order valence-electron chi connectivity index (χ4n) is 8.15. The zero-order valence-electron chi connectivity index (χ0n) is 34.8. The molecule has 0 radical (unpaired) electrons. The molecule has 10 aromatic rings. The number of rotatable bonds is 7. The first-order chi connectivity index (χ1) is 29.2. The van der Waals surface area contributed by atoms with Crippen LogP contribution in [0.1, 0.15) is 56.2 Å². The van der Waals surface area contributed by atoms with E-state index >= 15 is 0 Å². The molecule has 0 amide bonds. The van der Waals surface area contributed by atoms with Crippen molar-refractivity contribution in [1.29, 1.82) is 0 Å². The number of furan rings is 1. The third-order valence-electron chi connectivity index (χ3n) is 11.2. The quantitative estimate of drug-likeness (QED) is 0.118. The summed E-state index contributed by atoms with van der Waals surface area (Å²) in [6.07, 6.45) is 1.93. The number of hydrogen-bond donors (Lipinski definition) is 0. The fraction of sp³-hybridized carbons (Fsp3) is 0.107. The molecule has 3 aromatic heterocycles. The molecule has 0 aliphatic carbocycles. The van der Waals surface area contributed by atoms with E-state index in [-0.39, 0.29) is 20.1 Å². The molecule has 0 saturated heterocycles. The maximum Gasteiger partial charge on any atom is 3.00 e. The van der Waals surface area contributed by atoms with Crippen LogP contribution in [0.5, 0.6) is 0 Å². The van der Waals surface area contributed by atoms with E-state index in [4.69, 9.17) is 13.8 Å². The summed E-state index contributed by atoms with van der Waals surface area (Å²) in [5, 5.41) is 2.10. The van der Waals surface area contributed by atoms with Crippen molar-refractivity contribution in [1.82, 2.24) is 4.98 Å². The average molecular weight is 971 g/mol. The maximum absolute atomic E-state index is 6.68. The van der Waals surface area contributed by atoms with Crippen LogP contribution < -0.4 is 4.57 Å². The van der Waals surface area contributed by atoms with Crippen molar-refractivity contribution < 1.29 is 33.5 Å². The first-order valence-corrected chi connectivity index (χ1v) is 20.5. The van der Waals surface area contributed by atoms with Crippen LogP contribution in [0.4, 0.5) is 0 Å². The largest absolute Gasteiger partial charge is 3.00 e. The molecule has 3 heterocycles. The van der Waals surface area contributed by atoms with Crippen molar-refractivity contribution in [2.75, 3.05) is 0 Å². The van der Waals surface area contributed by atoms with Crippen LogP contribution in [-0.2, 0) is 20.1 Å². The number of aromatic nitrogens is 2. The van der Waals surface area contributed by atoms with Gasteiger partial charge >= 0.3 is 20.1 Å². The molecule has 0 atom stereocenters. The summed E-state index contributed by atoms with van der Waals surface area (Å²) in [6.45, 7) is 13.1. The standard InChI is InChI=1S/C43H34NO2.C13H12N.Ir/c1-26(2)36-24-31(30-22-20-29(21-23-30)28-12-6-5-7-13-28)25-37(27(3)4)40(36)34-16-11-18-38-42(34)46-43(44-38)35-17-10-15-33-32-14-8-9-19-39(32)45-41(33)35;1-11-7-3-4-8-12(11)13-9-5-6-10-14(13)2;/h5-16,18-27H,1-4H3;3-10H,1-2H2;/q2*-1;+3. The second-order valence-corrected chi connectivity index (χ2v) is 15.9. The van der Waals surface area contributed by atoms with Crippen LogP contribution in [0, 0.1) is 20.0 Å². The number of hydrogen-bond acceptors (Lipinski definition) is 3. The van der Waals surface area contributed by atoms with Crippen LogP contribution in [0.3, 0.4) is 0 Å². The molecular formula is C56H46IrN2O2+. The molecule has 5 heteroatoms. The summed E-state index contributed by atoms with van der Waals surface area (Å²) in [4.78, 5) is 4.98. The zero-order valence-corrected chi connectivity index (χ0v) is 37.2. The molecule has 0 fully saturated rings. The van der Waals surface area contributed by atoms with E-state index < -0.39 is 0 Å². The Balaban J connectivity index is 0.000000291. The van der Waals surface area contributed by atoms with Gasteiger partial charge in [-0.05, 0) is 68.5 Å². The molecule has 0 aliphatic heterocycles. The van der Waals surface area contributed by atoms with Gasteiger partial charge in [0, 0.05) is 18.0 Å². The van der Waals surface area contributed by atoms with Crippen molar-refractivity contribution in [2.45, 2.75) is 39.5 Å². The number of para-hydroxylation sites is 2. The predicted molar refractivity (Wildman–Crippen MR) is 247 cm³/mol. The van der Waals surface area contributed by atoms with E-state index in [1.54, 1.807) is 0 Å². The molecule has 0 unspecified atom stereocenters. The molecule has 300 valence electrons. The van der Waals surface area contributed by atoms with Gasteiger partial charge in [-0.25, -0.2) is 0 Å². The zero-order chi connectivity index (χ0) is 41.3. The smallest absolute Gasteiger partial charge is 0.500 e. The number of oxazole rings is 1. The number of nitrogens with zero attached hydrogens (tertiary/aromatic N) is 2. The summed E-state index contributed by atoms with van der Waals surface area (Å²) in [5.41, 5.74) is 16.9. The summed E-state index contributed by atoms with van der Waals surface area (Å²) in [7, 11) is 3.93. The van der Waals surface area contributed by atoms with E-state index in [1.165, 1.54) is 38.9 Å². The van der Waals surface area contributed by atoms with Crippen molar-refractivity contribution in [3.05, 3.63) is 207 Å². The van der Waals surface area contributed by atoms with Crippen LogP contribution >= 0.6 is 0 Å². The van der Waals surface area contributed by atoms with Crippen molar-refractivity contribution in [3.8, 4) is 56.1 Å². The van der Waals surface area contributed by atoms with Crippen molar-refractivity contribution >= 4 is 33.0 Å². The van der Waals surface area contributed by atoms with Gasteiger partial charge in [0.25, 0.3) is 0 Å². The van der Waals surface area contributed by atoms with Crippen LogP contribution in [0.15, 0.2) is 179 Å². The van der Waals surface area contributed by atoms with Crippen molar-refractivity contribution in [3.63, 3.8) is 0 Å². The molecule has 0 aliphatic rings. The van der Waals surface area contributed by atoms with Crippen molar-refractivity contribution in [2.24, 2.45) is 0 Å². The van der Waals surface area contributed by atoms with Gasteiger partial charge in [-0.1, -0.05) is 154 Å². The van der Waals surface area contributed by atoms with Crippen LogP contribution in [0.25, 0.3) is 89.1 Å². The topological polar surface area (TPSA) is 43.1 Å². The Labute approximate surface area is 371 Å². The molecule has 7 aromatic carbocycles. The predicted octanol–water partition coefficient (Wildman–Crippen LogP) is 14.9. The molecule has 4 nitrogen and oxygen atoms in total. The number of benzene rings is 7. The van der Waals surface area contributed by atoms with E-state index in [9.17, 15) is 0 Å². The van der Waals surface area contributed by atoms with Gasteiger partial charge < -0.3 is 13.4 Å². The van der Waals surface area contributed by atoms with E-state index in [2.05, 4.69) is 139 Å². The normalized spacial score (nSPS) is 11.2. The summed E-state index contributed by atoms with van der Waals surface area (Å²) < 4.78 is 14.8. The van der Waals surface area contributed by atoms with E-state index in [0.717, 1.165) is 61.0 Å². The Kier molecular flexibility index (Phi) is 11.8. The minimum absolute atomic E-state index is 0. The average Bonchev–Trinajstić information content (AvgIpc) is 3.89. The molecule has 10 rings (SSSR count). The Hall–Kier alpha value is -6.65. The summed E-state index contributed by atoms with van der Waals surface area (Å²) >= 11 is 0. The van der Waals surface area contributed by atoms with E-state index in [0.29, 0.717) is 17.7 Å². The summed E-state index contributed by atoms with van der Waals surface area (Å²) in [5.74, 6) is 1.11. The third-order valence-corrected chi connectivity index (χ3v) is 11.2. The second kappa shape index (κ2) is 17.5. The van der Waals surface area contributed by atoms with Gasteiger partial charge in [0.15, 0.2) is 0 Å². The SMILES string of the molecule is CC(C)c1cc(-c2ccc(-c3ccccc3)cc2)cc(C(C)C)c1-c1cccc2nc(-c3[c-]ccc4c3oc3ccccc34)oc12.[CH2-]c1ccccc1-c1cccc[n+]1[CH2-].[Ir+3]. The molecule has 61 heavy (non-hydrogen) atoms. The number of pyridine rings is 1. The van der Waals surface area contributed by atoms with Gasteiger partial charge in [0.2, 0.25) is 0 Å². The Morgan fingerprint density at radius 1 is 0.574 bits per heavy atom. The van der Waals surface area contributed by atoms with Gasteiger partial charge in [-0.15, -0.1) is 35.9 Å². The first-order valence-electron chi connectivity index (χ1n) is 20.5. The van der Waals surface area contributed by atoms with Gasteiger partial charge in [-0.2, -0.15) is 18.6 Å². The van der Waals surface area contributed by atoms with Gasteiger partial charge in [0.05, 0.1) is 23.0 Å². The Morgan fingerprint density at radius 3 is 1.90 bits per heavy atom.